The third-order valence-corrected chi connectivity index (χ3v) is 2.88. The van der Waals surface area contributed by atoms with Crippen molar-refractivity contribution < 1.29 is 15.7 Å². The fourth-order valence-electron chi connectivity index (χ4n) is 1.84. The van der Waals surface area contributed by atoms with Crippen LogP contribution in [0.2, 0.25) is 0 Å². The molecular weight excluding hydrogens is 230 g/mol. The second-order valence-electron chi connectivity index (χ2n) is 4.02. The van der Waals surface area contributed by atoms with Gasteiger partial charge in [0.2, 0.25) is 5.91 Å². The number of hydrogen-bond acceptors (Lipinski definition) is 3. The summed E-state index contributed by atoms with van der Waals surface area (Å²) in [6.45, 7) is 2.70. The van der Waals surface area contributed by atoms with Crippen molar-refractivity contribution in [2.75, 3.05) is 33.4 Å². The van der Waals surface area contributed by atoms with Crippen LogP contribution < -0.4 is 4.74 Å². The van der Waals surface area contributed by atoms with E-state index in [1.165, 1.54) is 0 Å². The first-order valence-electron chi connectivity index (χ1n) is 5.78. The molecular formula is C14H23NO3. The summed E-state index contributed by atoms with van der Waals surface area (Å²) in [4.78, 5) is 13.8. The highest BCUT2D eigenvalue weighted by atomic mass is 16.5. The highest BCUT2D eigenvalue weighted by Gasteiger charge is 2.16. The molecule has 4 nitrogen and oxygen atoms in total. The van der Waals surface area contributed by atoms with Crippen molar-refractivity contribution in [3.63, 3.8) is 0 Å². The molecule has 1 aromatic rings. The van der Waals surface area contributed by atoms with Gasteiger partial charge in [0, 0.05) is 14.5 Å². The molecule has 1 fully saturated rings. The first kappa shape index (κ1) is 14.5. The molecule has 0 bridgehead atoms. The lowest BCUT2D eigenvalue weighted by Crippen LogP contribution is -2.41. The molecule has 2 rings (SSSR count). The molecule has 18 heavy (non-hydrogen) atoms. The van der Waals surface area contributed by atoms with Crippen LogP contribution in [0.4, 0.5) is 0 Å². The van der Waals surface area contributed by atoms with Gasteiger partial charge >= 0.3 is 0 Å². The van der Waals surface area contributed by atoms with Crippen molar-refractivity contribution in [2.45, 2.75) is 13.8 Å². The zero-order valence-corrected chi connectivity index (χ0v) is 10.0. The van der Waals surface area contributed by atoms with Gasteiger partial charge in [-0.2, -0.15) is 0 Å². The minimum absolute atomic E-state index is 0. The number of amides is 1. The van der Waals surface area contributed by atoms with Gasteiger partial charge in [0.1, 0.15) is 5.75 Å². The number of nitrogens with zero attached hydrogens (tertiary/aromatic N) is 1. The van der Waals surface area contributed by atoms with E-state index in [0.29, 0.717) is 32.7 Å². The van der Waals surface area contributed by atoms with E-state index in [4.69, 9.17) is 9.47 Å². The number of rotatable bonds is 3. The van der Waals surface area contributed by atoms with Crippen LogP contribution in [-0.2, 0) is 16.0 Å². The van der Waals surface area contributed by atoms with Gasteiger partial charge < -0.3 is 14.4 Å². The van der Waals surface area contributed by atoms with E-state index in [1.807, 2.05) is 29.2 Å². The monoisotopic (exact) mass is 253 g/mol. The molecule has 102 valence electrons. The molecule has 1 heterocycles. The average Bonchev–Trinajstić information content (AvgIpc) is 2.40. The summed E-state index contributed by atoms with van der Waals surface area (Å²) in [6.07, 6.45) is 0.448. The predicted molar refractivity (Wildman–Crippen MR) is 72.9 cm³/mol. The van der Waals surface area contributed by atoms with E-state index in [0.717, 1.165) is 11.3 Å². The van der Waals surface area contributed by atoms with Gasteiger partial charge in [0.05, 0.1) is 26.7 Å². The topological polar surface area (TPSA) is 38.8 Å². The maximum Gasteiger partial charge on any atom is 0.227 e. The number of benzene rings is 1. The van der Waals surface area contributed by atoms with Crippen molar-refractivity contribution in [1.82, 2.24) is 4.90 Å². The summed E-state index contributed by atoms with van der Waals surface area (Å²) >= 11 is 0. The zero-order valence-electron chi connectivity index (χ0n) is 10.0. The van der Waals surface area contributed by atoms with Crippen LogP contribution in [-0.4, -0.2) is 44.2 Å². The summed E-state index contributed by atoms with van der Waals surface area (Å²) in [6, 6.07) is 7.61. The van der Waals surface area contributed by atoms with E-state index >= 15 is 0 Å². The van der Waals surface area contributed by atoms with Crippen LogP contribution in [0.3, 0.4) is 0 Å². The van der Waals surface area contributed by atoms with Crippen LogP contribution >= 0.6 is 0 Å². The maximum absolute atomic E-state index is 12.0. The van der Waals surface area contributed by atoms with Crippen LogP contribution in [0.5, 0.6) is 5.75 Å². The lowest BCUT2D eigenvalue weighted by molar-refractivity contribution is -0.134. The smallest absolute Gasteiger partial charge is 0.227 e. The Balaban J connectivity index is 0.00000162. The van der Waals surface area contributed by atoms with Gasteiger partial charge in [-0.05, 0) is 17.7 Å². The lowest BCUT2D eigenvalue weighted by Gasteiger charge is -2.26. The molecule has 4 heteroatoms. The molecule has 0 saturated carbocycles. The van der Waals surface area contributed by atoms with E-state index in [9.17, 15) is 4.79 Å². The molecule has 1 aliphatic heterocycles. The SMILES string of the molecule is C.COc1ccc(CC(=O)N2CCOCC2)cc1.[HH]. The Labute approximate surface area is 110 Å². The summed E-state index contributed by atoms with van der Waals surface area (Å²) in [7, 11) is 1.63. The average molecular weight is 253 g/mol. The molecule has 0 spiro atoms. The van der Waals surface area contributed by atoms with Crippen LogP contribution in [0, 0.1) is 0 Å². The Morgan fingerprint density at radius 1 is 1.33 bits per heavy atom. The fourth-order valence-corrected chi connectivity index (χ4v) is 1.84. The Hall–Kier alpha value is -1.55. The van der Waals surface area contributed by atoms with Crippen LogP contribution in [0.15, 0.2) is 24.3 Å². The van der Waals surface area contributed by atoms with E-state index in [-0.39, 0.29) is 14.8 Å². The van der Waals surface area contributed by atoms with Gasteiger partial charge in [0.25, 0.3) is 0 Å². The number of methoxy groups -OCH3 is 1. The first-order valence-corrected chi connectivity index (χ1v) is 5.78. The van der Waals surface area contributed by atoms with E-state index in [2.05, 4.69) is 0 Å². The largest absolute Gasteiger partial charge is 0.497 e. The third-order valence-electron chi connectivity index (χ3n) is 2.88. The Morgan fingerprint density at radius 3 is 2.50 bits per heavy atom. The van der Waals surface area contributed by atoms with Gasteiger partial charge in [-0.1, -0.05) is 19.6 Å². The quantitative estimate of drug-likeness (QED) is 0.827. The molecule has 1 aromatic carbocycles. The first-order chi connectivity index (χ1) is 8.29. The van der Waals surface area contributed by atoms with Crippen LogP contribution in [0.25, 0.3) is 0 Å². The molecule has 0 atom stereocenters. The molecule has 0 radical (unpaired) electrons. The number of ether oxygens (including phenoxy) is 2. The molecule has 1 saturated heterocycles. The molecule has 0 unspecified atom stereocenters. The predicted octanol–water partition coefficient (Wildman–Crippen LogP) is 1.98. The molecule has 1 aliphatic rings. The lowest BCUT2D eigenvalue weighted by atomic mass is 10.1. The standard InChI is InChI=1S/C13H17NO3.CH4.H2/c1-16-12-4-2-11(3-5-12)10-13(15)14-6-8-17-9-7-14;;/h2-5H,6-10H2,1H3;1H4;1H. The summed E-state index contributed by atoms with van der Waals surface area (Å²) in [5.74, 6) is 0.978. The Morgan fingerprint density at radius 2 is 1.94 bits per heavy atom. The van der Waals surface area contributed by atoms with Gasteiger partial charge in [0.15, 0.2) is 0 Å². The number of hydrogen-bond donors (Lipinski definition) is 0. The van der Waals surface area contributed by atoms with E-state index < -0.39 is 0 Å². The summed E-state index contributed by atoms with van der Waals surface area (Å²) in [5.41, 5.74) is 1.02. The Kier molecular flexibility index (Phi) is 5.65. The van der Waals surface area contributed by atoms with Crippen LogP contribution in [0.1, 0.15) is 14.4 Å². The minimum Gasteiger partial charge on any atom is -0.497 e. The minimum atomic E-state index is 0. The highest BCUT2D eigenvalue weighted by molar-refractivity contribution is 5.78. The second kappa shape index (κ2) is 7.01. The van der Waals surface area contributed by atoms with Crippen molar-refractivity contribution in [2.24, 2.45) is 0 Å². The van der Waals surface area contributed by atoms with Gasteiger partial charge in [-0.3, -0.25) is 4.79 Å². The van der Waals surface area contributed by atoms with Crippen molar-refractivity contribution >= 4 is 5.91 Å². The third kappa shape index (κ3) is 3.74. The molecule has 0 aromatic heterocycles. The number of morpholine rings is 1. The second-order valence-corrected chi connectivity index (χ2v) is 4.02. The van der Waals surface area contributed by atoms with Crippen molar-refractivity contribution in [1.29, 1.82) is 0 Å². The number of carbonyl (C=O) groups excluding carboxylic acids is 1. The van der Waals surface area contributed by atoms with Crippen molar-refractivity contribution in [3.8, 4) is 5.75 Å². The van der Waals surface area contributed by atoms with Crippen molar-refractivity contribution in [3.05, 3.63) is 29.8 Å². The van der Waals surface area contributed by atoms with Gasteiger partial charge in [-0.15, -0.1) is 0 Å². The number of carbonyl (C=O) groups is 1. The summed E-state index contributed by atoms with van der Waals surface area (Å²) < 4.78 is 10.3. The Bertz CT molecular complexity index is 375. The molecule has 0 N–H and O–H groups in total. The summed E-state index contributed by atoms with van der Waals surface area (Å²) in [5, 5.41) is 0. The highest BCUT2D eigenvalue weighted by Crippen LogP contribution is 2.12. The fraction of sp³-hybridized carbons (Fsp3) is 0.500. The maximum atomic E-state index is 12.0. The molecule has 0 aliphatic carbocycles. The normalized spacial score (nSPS) is 14.8. The van der Waals surface area contributed by atoms with Gasteiger partial charge in [-0.25, -0.2) is 0 Å². The molecule has 1 amide bonds. The zero-order chi connectivity index (χ0) is 12.1. The van der Waals surface area contributed by atoms with E-state index in [1.54, 1.807) is 7.11 Å².